The lowest BCUT2D eigenvalue weighted by Crippen LogP contribution is -2.12. The van der Waals surface area contributed by atoms with Crippen LogP contribution in [0, 0.1) is 0 Å². The van der Waals surface area contributed by atoms with Crippen LogP contribution in [0.2, 0.25) is 0 Å². The highest BCUT2D eigenvalue weighted by molar-refractivity contribution is 7.91. The number of hydrogen-bond acceptors (Lipinski definition) is 4. The van der Waals surface area contributed by atoms with E-state index in [2.05, 4.69) is 149 Å². The van der Waals surface area contributed by atoms with Crippen molar-refractivity contribution in [2.24, 2.45) is 0 Å². The standard InChI is InChI=1S/C53H31N3O3S/c57-60(58)51-22-10-9-21-49(51)59-50-30-44-43(31-52(50)60)42-29-33(56-47-19-7-3-14-38(47)39-15-4-8-20-48(39)56)24-26-35(42)34-25-23-32(28-41(34)40-16-11-27-54-53(40)44)55-45-17-5-1-12-36(45)37-13-2-6-18-46(37)55/h1-31H. The number of aromatic nitrogens is 3. The van der Waals surface area contributed by atoms with E-state index in [0.717, 1.165) is 88.9 Å². The molecule has 2 aliphatic rings. The molecule has 0 amide bonds. The molecule has 1 aliphatic heterocycles. The summed E-state index contributed by atoms with van der Waals surface area (Å²) in [6, 6.07) is 61.9. The van der Waals surface area contributed by atoms with Crippen LogP contribution in [0.1, 0.15) is 0 Å². The first-order valence-corrected chi connectivity index (χ1v) is 21.4. The number of pyridine rings is 1. The molecule has 13 rings (SSSR count). The lowest BCUT2D eigenvalue weighted by molar-refractivity contribution is 0.443. The summed E-state index contributed by atoms with van der Waals surface area (Å²) in [6.07, 6.45) is 1.81. The van der Waals surface area contributed by atoms with Gasteiger partial charge in [-0.3, -0.25) is 4.98 Å². The zero-order valence-corrected chi connectivity index (χ0v) is 32.7. The van der Waals surface area contributed by atoms with Crippen molar-refractivity contribution < 1.29 is 13.2 Å². The molecule has 3 aromatic heterocycles. The monoisotopic (exact) mass is 789 g/mol. The van der Waals surface area contributed by atoms with Gasteiger partial charge in [0.15, 0.2) is 0 Å². The van der Waals surface area contributed by atoms with E-state index in [0.29, 0.717) is 5.75 Å². The third kappa shape index (κ3) is 4.52. The number of ether oxygens (including phenoxy) is 1. The van der Waals surface area contributed by atoms with Gasteiger partial charge < -0.3 is 13.9 Å². The fourth-order valence-corrected chi connectivity index (χ4v) is 11.3. The number of benzene rings is 8. The second-order valence-electron chi connectivity index (χ2n) is 15.5. The maximum Gasteiger partial charge on any atom is 0.213 e. The molecule has 4 heterocycles. The summed E-state index contributed by atoms with van der Waals surface area (Å²) in [7, 11) is -3.93. The summed E-state index contributed by atoms with van der Waals surface area (Å²) < 4.78 is 40.0. The number of sulfone groups is 1. The molecule has 0 bridgehead atoms. The average molecular weight is 790 g/mol. The Balaban J connectivity index is 1.14. The summed E-state index contributed by atoms with van der Waals surface area (Å²) in [5.74, 6) is 0.594. The minimum Gasteiger partial charge on any atom is -0.455 e. The highest BCUT2D eigenvalue weighted by Gasteiger charge is 2.35. The molecule has 0 atom stereocenters. The Morgan fingerprint density at radius 2 is 0.867 bits per heavy atom. The normalized spacial score (nSPS) is 13.4. The van der Waals surface area contributed by atoms with Gasteiger partial charge in [-0.15, -0.1) is 0 Å². The average Bonchev–Trinajstić information content (AvgIpc) is 3.81. The number of fused-ring (bicyclic) bond motifs is 16. The van der Waals surface area contributed by atoms with Crippen LogP contribution >= 0.6 is 0 Å². The van der Waals surface area contributed by atoms with Crippen LogP contribution in [0.15, 0.2) is 198 Å². The first-order valence-electron chi connectivity index (χ1n) is 19.9. The molecule has 1 aliphatic carbocycles. The van der Waals surface area contributed by atoms with Crippen molar-refractivity contribution >= 4 is 53.4 Å². The van der Waals surface area contributed by atoms with Gasteiger partial charge >= 0.3 is 0 Å². The predicted molar refractivity (Wildman–Crippen MR) is 240 cm³/mol. The Bertz CT molecular complexity index is 3680. The second-order valence-corrected chi connectivity index (χ2v) is 17.4. The summed E-state index contributed by atoms with van der Waals surface area (Å²) in [4.78, 5) is 5.38. The van der Waals surface area contributed by atoms with Crippen molar-refractivity contribution in [2.45, 2.75) is 9.79 Å². The maximum atomic E-state index is 14.5. The lowest BCUT2D eigenvalue weighted by Gasteiger charge is -2.27. The zero-order valence-electron chi connectivity index (χ0n) is 31.9. The van der Waals surface area contributed by atoms with Crippen LogP contribution in [0.25, 0.3) is 99.6 Å². The van der Waals surface area contributed by atoms with Crippen LogP contribution < -0.4 is 4.74 Å². The summed E-state index contributed by atoms with van der Waals surface area (Å²) in [5, 5.41) is 4.72. The molecule has 0 unspecified atom stereocenters. The molecular weight excluding hydrogens is 759 g/mol. The van der Waals surface area contributed by atoms with E-state index in [1.807, 2.05) is 18.3 Å². The summed E-state index contributed by atoms with van der Waals surface area (Å²) in [5.41, 5.74) is 13.6. The molecule has 0 N–H and O–H groups in total. The van der Waals surface area contributed by atoms with Gasteiger partial charge in [0.1, 0.15) is 21.3 Å². The molecule has 6 nitrogen and oxygen atoms in total. The Labute approximate surface area is 344 Å². The largest absolute Gasteiger partial charge is 0.455 e. The highest BCUT2D eigenvalue weighted by Crippen LogP contribution is 2.53. The van der Waals surface area contributed by atoms with Gasteiger partial charge in [-0.2, -0.15) is 0 Å². The SMILES string of the molecule is O=S1(=O)c2ccccc2Oc2cc3c(cc21)-c1cc(-n2c4ccccc4c4ccccc42)ccc1-c1ccc(-n2c4ccccc4c4ccccc42)cc1-c1cccnc1-3. The van der Waals surface area contributed by atoms with Gasteiger partial charge in [-0.25, -0.2) is 8.42 Å². The number of hydrogen-bond donors (Lipinski definition) is 0. The van der Waals surface area contributed by atoms with Gasteiger partial charge in [-0.05, 0) is 107 Å². The van der Waals surface area contributed by atoms with Crippen molar-refractivity contribution in [3.05, 3.63) is 188 Å². The number of para-hydroxylation sites is 5. The minimum absolute atomic E-state index is 0.133. The molecule has 0 saturated heterocycles. The summed E-state index contributed by atoms with van der Waals surface area (Å²) >= 11 is 0. The second kappa shape index (κ2) is 12.1. The minimum atomic E-state index is -3.93. The van der Waals surface area contributed by atoms with Crippen molar-refractivity contribution in [1.29, 1.82) is 0 Å². The maximum absolute atomic E-state index is 14.5. The fraction of sp³-hybridized carbons (Fsp3) is 0. The van der Waals surface area contributed by atoms with Gasteiger partial charge in [0.2, 0.25) is 9.84 Å². The molecular formula is C53H31N3O3S. The Morgan fingerprint density at radius 3 is 1.43 bits per heavy atom. The lowest BCUT2D eigenvalue weighted by atomic mass is 9.82. The van der Waals surface area contributed by atoms with Crippen LogP contribution in [0.3, 0.4) is 0 Å². The van der Waals surface area contributed by atoms with E-state index in [-0.39, 0.29) is 15.5 Å². The first kappa shape index (κ1) is 33.3. The van der Waals surface area contributed by atoms with Gasteiger partial charge in [0.05, 0.1) is 27.8 Å². The predicted octanol–water partition coefficient (Wildman–Crippen LogP) is 13.2. The van der Waals surface area contributed by atoms with Crippen LogP contribution in [0.5, 0.6) is 11.5 Å². The van der Waals surface area contributed by atoms with Gasteiger partial charge in [-0.1, -0.05) is 103 Å². The molecule has 0 radical (unpaired) electrons. The third-order valence-corrected chi connectivity index (χ3v) is 14.2. The van der Waals surface area contributed by atoms with Crippen LogP contribution in [-0.2, 0) is 9.84 Å². The van der Waals surface area contributed by atoms with Crippen LogP contribution in [0.4, 0.5) is 0 Å². The highest BCUT2D eigenvalue weighted by atomic mass is 32.2. The number of nitrogens with zero attached hydrogens (tertiary/aromatic N) is 3. The third-order valence-electron chi connectivity index (χ3n) is 12.3. The molecule has 0 saturated carbocycles. The Morgan fingerprint density at radius 1 is 0.383 bits per heavy atom. The molecule has 60 heavy (non-hydrogen) atoms. The van der Waals surface area contributed by atoms with Gasteiger partial charge in [0, 0.05) is 50.2 Å². The zero-order chi connectivity index (χ0) is 39.7. The first-order chi connectivity index (χ1) is 29.5. The van der Waals surface area contributed by atoms with Gasteiger partial charge in [0.25, 0.3) is 0 Å². The molecule has 0 fully saturated rings. The van der Waals surface area contributed by atoms with Crippen LogP contribution in [-0.4, -0.2) is 22.5 Å². The molecule has 0 spiro atoms. The Kier molecular flexibility index (Phi) is 6.73. The van der Waals surface area contributed by atoms with Crippen molar-refractivity contribution in [3.63, 3.8) is 0 Å². The van der Waals surface area contributed by atoms with E-state index < -0.39 is 9.84 Å². The smallest absolute Gasteiger partial charge is 0.213 e. The van der Waals surface area contributed by atoms with E-state index >= 15 is 0 Å². The topological polar surface area (TPSA) is 66.1 Å². The van der Waals surface area contributed by atoms with E-state index in [4.69, 9.17) is 9.72 Å². The fourth-order valence-electron chi connectivity index (χ4n) is 9.76. The van der Waals surface area contributed by atoms with Crippen molar-refractivity contribution in [3.8, 4) is 67.5 Å². The van der Waals surface area contributed by atoms with Crippen molar-refractivity contribution in [2.75, 3.05) is 0 Å². The van der Waals surface area contributed by atoms with E-state index in [1.54, 1.807) is 30.3 Å². The number of rotatable bonds is 2. The molecule has 8 aromatic carbocycles. The summed E-state index contributed by atoms with van der Waals surface area (Å²) in [6.45, 7) is 0. The molecule has 7 heteroatoms. The van der Waals surface area contributed by atoms with E-state index in [9.17, 15) is 8.42 Å². The quantitative estimate of drug-likeness (QED) is 0.175. The van der Waals surface area contributed by atoms with Crippen molar-refractivity contribution in [1.82, 2.24) is 14.1 Å². The Hall–Kier alpha value is -7.74. The van der Waals surface area contributed by atoms with E-state index in [1.165, 1.54) is 10.8 Å². The molecule has 282 valence electrons. The molecule has 11 aromatic rings.